The van der Waals surface area contributed by atoms with Crippen molar-refractivity contribution in [2.24, 2.45) is 0 Å². The maximum atomic E-state index is 12.8. The molecule has 0 aliphatic carbocycles. The Labute approximate surface area is 222 Å². The molecule has 0 aromatic heterocycles. The molecule has 0 aliphatic heterocycles. The second-order valence-electron chi connectivity index (χ2n) is 7.63. The molecule has 37 heavy (non-hydrogen) atoms. The summed E-state index contributed by atoms with van der Waals surface area (Å²) < 4.78 is 22.1. The van der Waals surface area contributed by atoms with Gasteiger partial charge in [-0.3, -0.25) is 0 Å². The van der Waals surface area contributed by atoms with E-state index in [-0.39, 0.29) is 33.8 Å². The van der Waals surface area contributed by atoms with Gasteiger partial charge in [-0.25, -0.2) is 0 Å². The first-order valence-electron chi connectivity index (χ1n) is 10.8. The Morgan fingerprint density at radius 2 is 0.973 bits per heavy atom. The maximum absolute atomic E-state index is 12.8. The Morgan fingerprint density at radius 1 is 0.595 bits per heavy atom. The molecular weight excluding hydrogens is 591 g/mol. The van der Waals surface area contributed by atoms with Gasteiger partial charge in [-0.15, -0.1) is 0 Å². The molecule has 3 aromatic carbocycles. The van der Waals surface area contributed by atoms with Crippen LogP contribution in [-0.4, -0.2) is 23.9 Å². The predicted molar refractivity (Wildman–Crippen MR) is 144 cm³/mol. The van der Waals surface area contributed by atoms with E-state index >= 15 is 0 Å². The van der Waals surface area contributed by atoms with Crippen molar-refractivity contribution < 1.29 is 34.8 Å². The molecule has 0 aliphatic rings. The minimum atomic E-state index is -3.26. The van der Waals surface area contributed by atoms with Crippen molar-refractivity contribution in [1.29, 1.82) is 0 Å². The quantitative estimate of drug-likeness (QED) is 0.128. The van der Waals surface area contributed by atoms with E-state index in [1.807, 2.05) is 0 Å². The van der Waals surface area contributed by atoms with Crippen molar-refractivity contribution >= 4 is 44.5 Å². The Kier molecular flexibility index (Phi) is 9.33. The fourth-order valence-electron chi connectivity index (χ4n) is 2.55. The van der Waals surface area contributed by atoms with Crippen LogP contribution in [0.3, 0.4) is 0 Å². The summed E-state index contributed by atoms with van der Waals surface area (Å²) >= 11 is -3.26. The monoisotopic (exact) mass is 614 g/mol. The van der Waals surface area contributed by atoms with E-state index in [1.54, 1.807) is 30.3 Å². The van der Waals surface area contributed by atoms with Crippen molar-refractivity contribution in [3.05, 3.63) is 118 Å². The molecule has 0 fully saturated rings. The van der Waals surface area contributed by atoms with Crippen LogP contribution in [0, 0.1) is 3.57 Å². The molecule has 0 bridgehead atoms. The van der Waals surface area contributed by atoms with E-state index in [0.717, 1.165) is 0 Å². The average molecular weight is 614 g/mol. The topological polar surface area (TPSA) is 105 Å². The number of carbonyl (C=O) groups excluding carboxylic acids is 4. The molecule has 3 rings (SSSR count). The average Bonchev–Trinajstić information content (AvgIpc) is 2.89. The summed E-state index contributed by atoms with van der Waals surface area (Å²) in [7, 11) is 0. The zero-order valence-corrected chi connectivity index (χ0v) is 22.2. The first-order valence-corrected chi connectivity index (χ1v) is 13.6. The molecule has 9 heteroatoms. The standard InChI is InChI=1S/C28H23IO8/c1-18(2)25(30)34-23-14-10-20(11-15-23)27(32)36-29(22-8-6-5-7-9-22)37-28(33)21-12-16-24(17-13-21)35-26(31)19(3)4/h5-17H,1,3H2,2,4H3. The van der Waals surface area contributed by atoms with Gasteiger partial charge < -0.3 is 0 Å². The summed E-state index contributed by atoms with van der Waals surface area (Å²) in [5.74, 6) is -2.06. The SMILES string of the molecule is C=C(C)C(=O)Oc1ccc(C(=O)OI(OC(=O)c2ccc(OC(=O)C(=C)C)cc2)c2ccccc2)cc1. The van der Waals surface area contributed by atoms with Crippen molar-refractivity contribution in [1.82, 2.24) is 0 Å². The Bertz CT molecular complexity index is 1240. The second-order valence-corrected chi connectivity index (χ2v) is 11.0. The predicted octanol–water partition coefficient (Wildman–Crippen LogP) is 5.87. The summed E-state index contributed by atoms with van der Waals surface area (Å²) in [6.45, 7) is 10.1. The number of carbonyl (C=O) groups is 4. The summed E-state index contributed by atoms with van der Waals surface area (Å²) in [4.78, 5) is 49.0. The molecule has 8 nitrogen and oxygen atoms in total. The molecule has 0 atom stereocenters. The zero-order valence-electron chi connectivity index (χ0n) is 20.1. The molecule has 0 radical (unpaired) electrons. The first kappa shape index (κ1) is 27.3. The Morgan fingerprint density at radius 3 is 1.32 bits per heavy atom. The van der Waals surface area contributed by atoms with Crippen LogP contribution >= 0.6 is 20.6 Å². The first-order chi connectivity index (χ1) is 17.6. The summed E-state index contributed by atoms with van der Waals surface area (Å²) in [6.07, 6.45) is 0. The van der Waals surface area contributed by atoms with Gasteiger partial charge in [0.1, 0.15) is 0 Å². The van der Waals surface area contributed by atoms with E-state index < -0.39 is 44.5 Å². The van der Waals surface area contributed by atoms with Gasteiger partial charge in [0, 0.05) is 0 Å². The number of rotatable bonds is 9. The molecule has 190 valence electrons. The van der Waals surface area contributed by atoms with Crippen LogP contribution in [0.2, 0.25) is 0 Å². The summed E-state index contributed by atoms with van der Waals surface area (Å²) in [5.41, 5.74) is 0.858. The molecule has 0 heterocycles. The van der Waals surface area contributed by atoms with Crippen LogP contribution in [0.4, 0.5) is 0 Å². The molecule has 0 unspecified atom stereocenters. The van der Waals surface area contributed by atoms with Crippen molar-refractivity contribution in [2.75, 3.05) is 0 Å². The fraction of sp³-hybridized carbons (Fsp3) is 0.0714. The van der Waals surface area contributed by atoms with E-state index in [1.165, 1.54) is 62.4 Å². The fourth-order valence-corrected chi connectivity index (χ4v) is 5.38. The molecule has 0 saturated heterocycles. The molecular formula is C28H23IO8. The van der Waals surface area contributed by atoms with Crippen LogP contribution in [0.15, 0.2) is 103 Å². The number of halogens is 1. The minimum absolute atomic E-state index is 0.188. The molecule has 0 saturated carbocycles. The van der Waals surface area contributed by atoms with E-state index in [2.05, 4.69) is 13.2 Å². The van der Waals surface area contributed by atoms with Gasteiger partial charge in [0.05, 0.1) is 0 Å². The van der Waals surface area contributed by atoms with Gasteiger partial charge in [0.25, 0.3) is 0 Å². The van der Waals surface area contributed by atoms with Gasteiger partial charge >= 0.3 is 223 Å². The van der Waals surface area contributed by atoms with Gasteiger partial charge in [-0.05, 0) is 0 Å². The normalized spacial score (nSPS) is 10.5. The number of esters is 2. The van der Waals surface area contributed by atoms with Crippen LogP contribution < -0.4 is 9.47 Å². The zero-order chi connectivity index (χ0) is 26.9. The van der Waals surface area contributed by atoms with E-state index in [0.29, 0.717) is 3.57 Å². The summed E-state index contributed by atoms with van der Waals surface area (Å²) in [6, 6.07) is 20.3. The Balaban J connectivity index is 1.72. The number of hydrogen-bond donors (Lipinski definition) is 0. The van der Waals surface area contributed by atoms with Crippen LogP contribution in [0.1, 0.15) is 34.6 Å². The third-order valence-electron chi connectivity index (χ3n) is 4.49. The molecule has 0 spiro atoms. The summed E-state index contributed by atoms with van der Waals surface area (Å²) in [5, 5.41) is 0. The number of hydrogen-bond acceptors (Lipinski definition) is 8. The molecule has 0 N–H and O–H groups in total. The van der Waals surface area contributed by atoms with Gasteiger partial charge in [0.15, 0.2) is 0 Å². The molecule has 3 aromatic rings. The van der Waals surface area contributed by atoms with Crippen molar-refractivity contribution in [3.63, 3.8) is 0 Å². The van der Waals surface area contributed by atoms with Crippen LogP contribution in [0.5, 0.6) is 11.5 Å². The van der Waals surface area contributed by atoms with Gasteiger partial charge in [-0.2, -0.15) is 0 Å². The third kappa shape index (κ3) is 7.87. The third-order valence-corrected chi connectivity index (χ3v) is 7.83. The van der Waals surface area contributed by atoms with E-state index in [9.17, 15) is 19.2 Å². The Hall–Kier alpha value is -4.25. The van der Waals surface area contributed by atoms with E-state index in [4.69, 9.17) is 15.6 Å². The van der Waals surface area contributed by atoms with Gasteiger partial charge in [-0.1, -0.05) is 0 Å². The van der Waals surface area contributed by atoms with Crippen LogP contribution in [0.25, 0.3) is 0 Å². The van der Waals surface area contributed by atoms with Crippen LogP contribution in [-0.2, 0) is 15.7 Å². The second kappa shape index (κ2) is 12.6. The van der Waals surface area contributed by atoms with Crippen molar-refractivity contribution in [3.8, 4) is 11.5 Å². The number of benzene rings is 3. The van der Waals surface area contributed by atoms with Crippen molar-refractivity contribution in [2.45, 2.75) is 13.8 Å². The molecule has 0 amide bonds. The number of ether oxygens (including phenoxy) is 2. The van der Waals surface area contributed by atoms with Gasteiger partial charge in [0.2, 0.25) is 0 Å².